The second-order valence-corrected chi connectivity index (χ2v) is 4.47. The van der Waals surface area contributed by atoms with Crippen molar-refractivity contribution >= 4 is 17.3 Å². The van der Waals surface area contributed by atoms with Crippen LogP contribution in [0.25, 0.3) is 0 Å². The van der Waals surface area contributed by atoms with Crippen molar-refractivity contribution in [2.75, 3.05) is 12.8 Å². The van der Waals surface area contributed by atoms with Crippen molar-refractivity contribution in [1.82, 2.24) is 0 Å². The van der Waals surface area contributed by atoms with E-state index in [2.05, 4.69) is 0 Å². The molecule has 0 saturated carbocycles. The number of methoxy groups -OCH3 is 1. The van der Waals surface area contributed by atoms with Crippen LogP contribution in [0, 0.1) is 12.7 Å². The highest BCUT2D eigenvalue weighted by atomic mass is 35.5. The Labute approximate surface area is 115 Å². The normalized spacial score (nSPS) is 10.3. The third-order valence-corrected chi connectivity index (χ3v) is 2.89. The molecule has 2 rings (SSSR count). The van der Waals surface area contributed by atoms with Crippen LogP contribution in [0.2, 0.25) is 5.02 Å². The van der Waals surface area contributed by atoms with E-state index in [4.69, 9.17) is 26.8 Å². The first-order valence-corrected chi connectivity index (χ1v) is 5.96. The van der Waals surface area contributed by atoms with Gasteiger partial charge in [-0.15, -0.1) is 0 Å². The van der Waals surface area contributed by atoms with Crippen LogP contribution in [0.3, 0.4) is 0 Å². The lowest BCUT2D eigenvalue weighted by Crippen LogP contribution is -1.97. The highest BCUT2D eigenvalue weighted by Crippen LogP contribution is 2.35. The van der Waals surface area contributed by atoms with E-state index in [1.807, 2.05) is 13.0 Å². The largest absolute Gasteiger partial charge is 0.494 e. The number of ether oxygens (including phenoxy) is 2. The number of anilines is 1. The molecule has 0 aliphatic carbocycles. The molecule has 0 saturated heterocycles. The summed E-state index contributed by atoms with van der Waals surface area (Å²) in [7, 11) is 1.38. The standard InChI is InChI=1S/C14H13ClFNO2/c1-8-3-4-9(15)5-12(8)19-14-7-13(18-2)10(16)6-11(14)17/h3-7H,17H2,1-2H3. The van der Waals surface area contributed by atoms with E-state index >= 15 is 0 Å². The lowest BCUT2D eigenvalue weighted by Gasteiger charge is -2.12. The topological polar surface area (TPSA) is 44.5 Å². The Kier molecular flexibility index (Phi) is 3.81. The number of hydrogen-bond donors (Lipinski definition) is 1. The average molecular weight is 282 g/mol. The highest BCUT2D eigenvalue weighted by molar-refractivity contribution is 6.30. The van der Waals surface area contributed by atoms with E-state index in [1.165, 1.54) is 13.2 Å². The van der Waals surface area contributed by atoms with Crippen molar-refractivity contribution < 1.29 is 13.9 Å². The molecular weight excluding hydrogens is 269 g/mol. The third-order valence-electron chi connectivity index (χ3n) is 2.65. The van der Waals surface area contributed by atoms with Crippen molar-refractivity contribution in [3.8, 4) is 17.2 Å². The van der Waals surface area contributed by atoms with E-state index in [-0.39, 0.29) is 11.4 Å². The van der Waals surface area contributed by atoms with Crippen molar-refractivity contribution in [3.63, 3.8) is 0 Å². The number of nitrogen functional groups attached to an aromatic ring is 1. The lowest BCUT2D eigenvalue weighted by molar-refractivity contribution is 0.382. The van der Waals surface area contributed by atoms with Gasteiger partial charge in [0.05, 0.1) is 12.8 Å². The van der Waals surface area contributed by atoms with Gasteiger partial charge in [-0.25, -0.2) is 4.39 Å². The fraction of sp³-hybridized carbons (Fsp3) is 0.143. The summed E-state index contributed by atoms with van der Waals surface area (Å²) >= 11 is 5.91. The molecule has 0 aliphatic rings. The van der Waals surface area contributed by atoms with E-state index in [0.29, 0.717) is 16.5 Å². The number of aryl methyl sites for hydroxylation is 1. The molecule has 0 spiro atoms. The van der Waals surface area contributed by atoms with Crippen molar-refractivity contribution in [1.29, 1.82) is 0 Å². The molecule has 0 aromatic heterocycles. The van der Waals surface area contributed by atoms with Gasteiger partial charge in [-0.1, -0.05) is 17.7 Å². The summed E-state index contributed by atoms with van der Waals surface area (Å²) in [6.45, 7) is 1.88. The minimum atomic E-state index is -0.532. The minimum Gasteiger partial charge on any atom is -0.494 e. The molecule has 19 heavy (non-hydrogen) atoms. The Hall–Kier alpha value is -1.94. The van der Waals surface area contributed by atoms with Crippen molar-refractivity contribution in [2.24, 2.45) is 0 Å². The van der Waals surface area contributed by atoms with Gasteiger partial charge in [0.15, 0.2) is 17.3 Å². The smallest absolute Gasteiger partial charge is 0.167 e. The third kappa shape index (κ3) is 2.90. The molecule has 0 heterocycles. The molecule has 0 aliphatic heterocycles. The monoisotopic (exact) mass is 281 g/mol. The maximum absolute atomic E-state index is 13.4. The summed E-state index contributed by atoms with van der Waals surface area (Å²) in [5.41, 5.74) is 6.82. The zero-order valence-electron chi connectivity index (χ0n) is 10.5. The van der Waals surface area contributed by atoms with Crippen LogP contribution in [-0.2, 0) is 0 Å². The van der Waals surface area contributed by atoms with Gasteiger partial charge in [-0.3, -0.25) is 0 Å². The second-order valence-electron chi connectivity index (χ2n) is 4.04. The molecule has 0 bridgehead atoms. The summed E-state index contributed by atoms with van der Waals surface area (Å²) in [5.74, 6) is 0.426. The van der Waals surface area contributed by atoms with Gasteiger partial charge in [-0.05, 0) is 24.6 Å². The minimum absolute atomic E-state index is 0.0730. The Bertz CT molecular complexity index is 617. The molecule has 2 aromatic rings. The van der Waals surface area contributed by atoms with Crippen LogP contribution in [0.4, 0.5) is 10.1 Å². The van der Waals surface area contributed by atoms with Crippen LogP contribution < -0.4 is 15.2 Å². The van der Waals surface area contributed by atoms with Crippen molar-refractivity contribution in [3.05, 3.63) is 46.7 Å². The van der Waals surface area contributed by atoms with E-state index in [9.17, 15) is 4.39 Å². The Morgan fingerprint density at radius 3 is 2.53 bits per heavy atom. The maximum Gasteiger partial charge on any atom is 0.167 e. The molecule has 100 valence electrons. The second kappa shape index (κ2) is 5.36. The average Bonchev–Trinajstić information content (AvgIpc) is 2.37. The molecule has 0 atom stereocenters. The highest BCUT2D eigenvalue weighted by Gasteiger charge is 2.11. The molecule has 5 heteroatoms. The number of rotatable bonds is 3. The molecule has 0 radical (unpaired) electrons. The van der Waals surface area contributed by atoms with Gasteiger partial charge in [-0.2, -0.15) is 0 Å². The lowest BCUT2D eigenvalue weighted by atomic mass is 10.2. The first-order valence-electron chi connectivity index (χ1n) is 5.58. The van der Waals surface area contributed by atoms with E-state index in [0.717, 1.165) is 11.6 Å². The molecule has 0 fully saturated rings. The number of hydrogen-bond acceptors (Lipinski definition) is 3. The zero-order chi connectivity index (χ0) is 14.0. The predicted molar refractivity (Wildman–Crippen MR) is 73.6 cm³/mol. The van der Waals surface area contributed by atoms with Crippen LogP contribution in [0.15, 0.2) is 30.3 Å². The van der Waals surface area contributed by atoms with Crippen molar-refractivity contribution in [2.45, 2.75) is 6.92 Å². The Morgan fingerprint density at radius 2 is 1.84 bits per heavy atom. The summed E-state index contributed by atoms with van der Waals surface area (Å²) in [5, 5.41) is 0.549. The molecular formula is C14H13ClFNO2. The van der Waals surface area contributed by atoms with Gasteiger partial charge in [0.2, 0.25) is 0 Å². The molecule has 0 amide bonds. The number of nitrogens with two attached hydrogens (primary N) is 1. The molecule has 3 nitrogen and oxygen atoms in total. The van der Waals surface area contributed by atoms with Gasteiger partial charge in [0.25, 0.3) is 0 Å². The first kappa shape index (κ1) is 13.5. The maximum atomic E-state index is 13.4. The van der Waals surface area contributed by atoms with Gasteiger partial charge >= 0.3 is 0 Å². The molecule has 2 aromatic carbocycles. The fourth-order valence-electron chi connectivity index (χ4n) is 1.60. The van der Waals surface area contributed by atoms with Crippen LogP contribution in [0.5, 0.6) is 17.2 Å². The summed E-state index contributed by atoms with van der Waals surface area (Å²) in [6, 6.07) is 7.83. The summed E-state index contributed by atoms with van der Waals surface area (Å²) in [6.07, 6.45) is 0. The fourth-order valence-corrected chi connectivity index (χ4v) is 1.76. The Morgan fingerprint density at radius 1 is 1.11 bits per heavy atom. The van der Waals surface area contributed by atoms with E-state index in [1.54, 1.807) is 12.1 Å². The summed E-state index contributed by atoms with van der Waals surface area (Å²) < 4.78 is 24.0. The van der Waals surface area contributed by atoms with Gasteiger partial charge in [0, 0.05) is 17.2 Å². The summed E-state index contributed by atoms with van der Waals surface area (Å²) in [4.78, 5) is 0. The van der Waals surface area contributed by atoms with Crippen LogP contribution in [0.1, 0.15) is 5.56 Å². The van der Waals surface area contributed by atoms with E-state index < -0.39 is 5.82 Å². The SMILES string of the molecule is COc1cc(Oc2cc(Cl)ccc2C)c(N)cc1F. The van der Waals surface area contributed by atoms with Crippen LogP contribution >= 0.6 is 11.6 Å². The first-order chi connectivity index (χ1) is 9.01. The van der Waals surface area contributed by atoms with Crippen LogP contribution in [-0.4, -0.2) is 7.11 Å². The number of halogens is 2. The molecule has 2 N–H and O–H groups in total. The number of benzene rings is 2. The Balaban J connectivity index is 2.40. The zero-order valence-corrected chi connectivity index (χ0v) is 11.3. The predicted octanol–water partition coefficient (Wildman–Crippen LogP) is 4.17. The molecule has 0 unspecified atom stereocenters. The van der Waals surface area contributed by atoms with Gasteiger partial charge in [0.1, 0.15) is 5.75 Å². The quantitative estimate of drug-likeness (QED) is 0.859. The van der Waals surface area contributed by atoms with Gasteiger partial charge < -0.3 is 15.2 Å².